The van der Waals surface area contributed by atoms with Crippen molar-refractivity contribution in [3.63, 3.8) is 0 Å². The number of nitrogens with zero attached hydrogens (tertiary/aromatic N) is 3. The number of nitrogens with one attached hydrogen (secondary N) is 1. The second kappa shape index (κ2) is 5.28. The summed E-state index contributed by atoms with van der Waals surface area (Å²) in [4.78, 5) is 18.4. The Hall–Kier alpha value is -1.07. The molecule has 2 unspecified atom stereocenters. The van der Waals surface area contributed by atoms with E-state index in [9.17, 15) is 4.79 Å². The maximum absolute atomic E-state index is 12.3. The highest BCUT2D eigenvalue weighted by molar-refractivity contribution is 5.92. The number of hydrogen-bond donors (Lipinski definition) is 1. The number of hydrogen-bond acceptors (Lipinski definition) is 3. The van der Waals surface area contributed by atoms with Crippen molar-refractivity contribution in [1.82, 2.24) is 19.8 Å². The first-order valence-electron chi connectivity index (χ1n) is 6.25. The minimum atomic E-state index is 0. The molecule has 3 rings (SSSR count). The van der Waals surface area contributed by atoms with Gasteiger partial charge in [-0.3, -0.25) is 4.79 Å². The molecule has 1 aromatic heterocycles. The number of piperazine rings is 1. The summed E-state index contributed by atoms with van der Waals surface area (Å²) >= 11 is 0. The van der Waals surface area contributed by atoms with Crippen LogP contribution in [0.1, 0.15) is 29.8 Å². The molecule has 6 heteroatoms. The van der Waals surface area contributed by atoms with Crippen LogP contribution in [0, 0.1) is 0 Å². The van der Waals surface area contributed by atoms with E-state index in [-0.39, 0.29) is 18.3 Å². The Morgan fingerprint density at radius 3 is 2.61 bits per heavy atom. The van der Waals surface area contributed by atoms with Gasteiger partial charge < -0.3 is 14.8 Å². The van der Waals surface area contributed by atoms with Crippen molar-refractivity contribution in [3.05, 3.63) is 18.2 Å². The van der Waals surface area contributed by atoms with Crippen molar-refractivity contribution in [2.24, 2.45) is 7.05 Å². The minimum Gasteiger partial charge on any atom is -0.340 e. The van der Waals surface area contributed by atoms with Crippen LogP contribution in [0.15, 0.2) is 12.5 Å². The van der Waals surface area contributed by atoms with Crippen LogP contribution in [0.25, 0.3) is 0 Å². The number of amides is 1. The Kier molecular flexibility index (Phi) is 3.92. The highest BCUT2D eigenvalue weighted by atomic mass is 35.5. The van der Waals surface area contributed by atoms with Gasteiger partial charge in [0, 0.05) is 38.4 Å². The number of carbonyl (C=O) groups excluding carboxylic acids is 1. The topological polar surface area (TPSA) is 50.2 Å². The van der Waals surface area contributed by atoms with Gasteiger partial charge in [0.1, 0.15) is 5.69 Å². The Morgan fingerprint density at radius 2 is 2.06 bits per heavy atom. The fraction of sp³-hybridized carbons (Fsp3) is 0.667. The number of halogens is 1. The van der Waals surface area contributed by atoms with E-state index in [1.165, 1.54) is 19.3 Å². The minimum absolute atomic E-state index is 0. The number of carbonyl (C=O) groups is 1. The Labute approximate surface area is 113 Å². The molecule has 18 heavy (non-hydrogen) atoms. The van der Waals surface area contributed by atoms with Crippen molar-refractivity contribution in [1.29, 1.82) is 0 Å². The first kappa shape index (κ1) is 13.4. The summed E-state index contributed by atoms with van der Waals surface area (Å²) in [6, 6.07) is 0.963. The molecule has 0 aliphatic carbocycles. The van der Waals surface area contributed by atoms with E-state index in [4.69, 9.17) is 0 Å². The number of aryl methyl sites for hydroxylation is 1. The standard InChI is InChI=1S/C12H18N4O.ClH/c1-15-7-11(13-8-15)12(17)16-5-9-3-2-4-10(6-16)14-9;/h7-10,14H,2-6H2,1H3;1H. The van der Waals surface area contributed by atoms with Gasteiger partial charge in [-0.15, -0.1) is 12.4 Å². The monoisotopic (exact) mass is 270 g/mol. The van der Waals surface area contributed by atoms with Gasteiger partial charge in [0.05, 0.1) is 6.33 Å². The van der Waals surface area contributed by atoms with E-state index in [0.29, 0.717) is 17.8 Å². The van der Waals surface area contributed by atoms with E-state index in [1.54, 1.807) is 12.5 Å². The molecule has 0 spiro atoms. The zero-order valence-electron chi connectivity index (χ0n) is 10.5. The van der Waals surface area contributed by atoms with Gasteiger partial charge in [-0.05, 0) is 12.8 Å². The first-order chi connectivity index (χ1) is 8.22. The lowest BCUT2D eigenvalue weighted by molar-refractivity contribution is 0.0603. The fourth-order valence-corrected chi connectivity index (χ4v) is 2.86. The van der Waals surface area contributed by atoms with Crippen molar-refractivity contribution in [3.8, 4) is 0 Å². The van der Waals surface area contributed by atoms with Crippen LogP contribution in [-0.2, 0) is 7.05 Å². The van der Waals surface area contributed by atoms with E-state index < -0.39 is 0 Å². The Bertz CT molecular complexity index is 421. The van der Waals surface area contributed by atoms with Crippen molar-refractivity contribution >= 4 is 18.3 Å². The smallest absolute Gasteiger partial charge is 0.274 e. The second-order valence-electron chi connectivity index (χ2n) is 5.13. The number of fused-ring (bicyclic) bond motifs is 2. The van der Waals surface area contributed by atoms with Crippen LogP contribution in [0.5, 0.6) is 0 Å². The molecule has 0 aromatic carbocycles. The fourth-order valence-electron chi connectivity index (χ4n) is 2.86. The average Bonchev–Trinajstić information content (AvgIpc) is 2.74. The molecule has 2 fully saturated rings. The van der Waals surface area contributed by atoms with E-state index in [1.807, 2.05) is 16.5 Å². The average molecular weight is 271 g/mol. The molecule has 0 radical (unpaired) electrons. The van der Waals surface area contributed by atoms with Gasteiger partial charge in [0.2, 0.25) is 0 Å². The maximum Gasteiger partial charge on any atom is 0.274 e. The molecular weight excluding hydrogens is 252 g/mol. The van der Waals surface area contributed by atoms with Crippen molar-refractivity contribution < 1.29 is 4.79 Å². The lowest BCUT2D eigenvalue weighted by Gasteiger charge is -2.42. The van der Waals surface area contributed by atoms with Gasteiger partial charge in [-0.2, -0.15) is 0 Å². The maximum atomic E-state index is 12.3. The molecule has 1 amide bonds. The Balaban J connectivity index is 0.00000120. The Morgan fingerprint density at radius 1 is 1.39 bits per heavy atom. The third-order valence-corrected chi connectivity index (χ3v) is 3.67. The highest BCUT2D eigenvalue weighted by Gasteiger charge is 2.32. The van der Waals surface area contributed by atoms with Crippen LogP contribution < -0.4 is 5.32 Å². The number of likely N-dealkylation sites (tertiary alicyclic amines) is 1. The van der Waals surface area contributed by atoms with Gasteiger partial charge in [-0.25, -0.2) is 4.98 Å². The van der Waals surface area contributed by atoms with E-state index in [0.717, 1.165) is 13.1 Å². The summed E-state index contributed by atoms with van der Waals surface area (Å²) < 4.78 is 1.82. The largest absolute Gasteiger partial charge is 0.340 e. The number of imidazole rings is 1. The summed E-state index contributed by atoms with van der Waals surface area (Å²) in [5.41, 5.74) is 0.562. The molecule has 0 saturated carbocycles. The lowest BCUT2D eigenvalue weighted by atomic mass is 9.94. The van der Waals surface area contributed by atoms with Gasteiger partial charge in [0.25, 0.3) is 5.91 Å². The first-order valence-corrected chi connectivity index (χ1v) is 6.25. The number of aromatic nitrogens is 2. The molecule has 2 saturated heterocycles. The summed E-state index contributed by atoms with van der Waals surface area (Å²) in [5.74, 6) is 0.0731. The molecule has 2 aliphatic rings. The zero-order valence-corrected chi connectivity index (χ0v) is 11.3. The molecule has 1 aromatic rings. The van der Waals surface area contributed by atoms with Crippen LogP contribution in [0.3, 0.4) is 0 Å². The van der Waals surface area contributed by atoms with Crippen molar-refractivity contribution in [2.75, 3.05) is 13.1 Å². The van der Waals surface area contributed by atoms with Gasteiger partial charge >= 0.3 is 0 Å². The molecule has 5 nitrogen and oxygen atoms in total. The molecule has 2 atom stereocenters. The lowest BCUT2D eigenvalue weighted by Crippen LogP contribution is -2.59. The SMILES string of the molecule is Cl.Cn1cnc(C(=O)N2CC3CCCC(C2)N3)c1. The zero-order chi connectivity index (χ0) is 11.8. The predicted molar refractivity (Wildman–Crippen MR) is 70.9 cm³/mol. The van der Waals surface area contributed by atoms with Gasteiger partial charge in [-0.1, -0.05) is 6.42 Å². The molecule has 2 bridgehead atoms. The number of piperidine rings is 1. The van der Waals surface area contributed by atoms with Crippen LogP contribution >= 0.6 is 12.4 Å². The highest BCUT2D eigenvalue weighted by Crippen LogP contribution is 2.20. The van der Waals surface area contributed by atoms with Crippen LogP contribution in [0.2, 0.25) is 0 Å². The molecule has 100 valence electrons. The normalized spacial score (nSPS) is 26.6. The van der Waals surface area contributed by atoms with E-state index >= 15 is 0 Å². The molecular formula is C12H19ClN4O. The molecule has 1 N–H and O–H groups in total. The summed E-state index contributed by atoms with van der Waals surface area (Å²) in [7, 11) is 1.89. The van der Waals surface area contributed by atoms with E-state index in [2.05, 4.69) is 10.3 Å². The van der Waals surface area contributed by atoms with Crippen LogP contribution in [-0.4, -0.2) is 45.5 Å². The third-order valence-electron chi connectivity index (χ3n) is 3.67. The summed E-state index contributed by atoms with van der Waals surface area (Å²) in [6.07, 6.45) is 7.12. The molecule has 3 heterocycles. The summed E-state index contributed by atoms with van der Waals surface area (Å²) in [5, 5.41) is 3.57. The quantitative estimate of drug-likeness (QED) is 0.822. The molecule has 2 aliphatic heterocycles. The third kappa shape index (κ3) is 2.52. The van der Waals surface area contributed by atoms with Gasteiger partial charge in [0.15, 0.2) is 0 Å². The predicted octanol–water partition coefficient (Wildman–Crippen LogP) is 0.808. The van der Waals surface area contributed by atoms with Crippen LogP contribution in [0.4, 0.5) is 0 Å². The summed E-state index contributed by atoms with van der Waals surface area (Å²) in [6.45, 7) is 1.65. The second-order valence-corrected chi connectivity index (χ2v) is 5.13. The van der Waals surface area contributed by atoms with Crippen molar-refractivity contribution in [2.45, 2.75) is 31.3 Å². The number of rotatable bonds is 1.